The van der Waals surface area contributed by atoms with Crippen molar-refractivity contribution in [1.82, 2.24) is 5.32 Å². The van der Waals surface area contributed by atoms with E-state index in [4.69, 9.17) is 24.9 Å². The second kappa shape index (κ2) is 10.4. The van der Waals surface area contributed by atoms with Crippen LogP contribution in [0.15, 0.2) is 46.7 Å². The van der Waals surface area contributed by atoms with Gasteiger partial charge in [0.05, 0.1) is 11.4 Å². The Kier molecular flexibility index (Phi) is 8.55. The van der Waals surface area contributed by atoms with Crippen molar-refractivity contribution in [3.8, 4) is 0 Å². The molecule has 0 saturated heterocycles. The molecular weight excluding hydrogens is 398 g/mol. The highest BCUT2D eigenvalue weighted by Crippen LogP contribution is 2.13. The Labute approximate surface area is 158 Å². The Morgan fingerprint density at radius 3 is 2.26 bits per heavy atom. The minimum atomic E-state index is -3.77. The summed E-state index contributed by atoms with van der Waals surface area (Å²) in [7, 11) is -3.77. The Hall–Kier alpha value is -2.80. The van der Waals surface area contributed by atoms with Crippen LogP contribution in [0, 0.1) is 0 Å². The van der Waals surface area contributed by atoms with Crippen molar-refractivity contribution in [2.45, 2.75) is 11.4 Å². The lowest BCUT2D eigenvalue weighted by Gasteiger charge is -2.07. The monoisotopic (exact) mass is 415 g/mol. The SMILES string of the molecule is NS(=O)(=O)c1cccc(NC(=O)CNCc2cccs2)c1.O=C(O)C(=O)O. The average molecular weight is 415 g/mol. The molecule has 1 amide bonds. The first-order valence-electron chi connectivity index (χ1n) is 7.21. The van der Waals surface area contributed by atoms with Crippen LogP contribution in [-0.2, 0) is 31.0 Å². The molecule has 0 unspecified atom stereocenters. The highest BCUT2D eigenvalue weighted by Gasteiger charge is 2.09. The van der Waals surface area contributed by atoms with Gasteiger partial charge in [-0.25, -0.2) is 23.1 Å². The second-order valence-corrected chi connectivity index (χ2v) is 7.51. The van der Waals surface area contributed by atoms with Crippen LogP contribution in [0.3, 0.4) is 0 Å². The highest BCUT2D eigenvalue weighted by atomic mass is 32.2. The lowest BCUT2D eigenvalue weighted by molar-refractivity contribution is -0.159. The first-order chi connectivity index (χ1) is 12.6. The van der Waals surface area contributed by atoms with Crippen LogP contribution in [0.4, 0.5) is 5.69 Å². The molecule has 0 spiro atoms. The number of carboxylic acids is 2. The van der Waals surface area contributed by atoms with Crippen LogP contribution in [0.1, 0.15) is 4.88 Å². The zero-order valence-electron chi connectivity index (χ0n) is 13.8. The molecule has 0 bridgehead atoms. The summed E-state index contributed by atoms with van der Waals surface area (Å²) >= 11 is 1.61. The first-order valence-corrected chi connectivity index (χ1v) is 9.64. The summed E-state index contributed by atoms with van der Waals surface area (Å²) in [5, 5.41) is 27.4. The smallest absolute Gasteiger partial charge is 0.414 e. The lowest BCUT2D eigenvalue weighted by atomic mass is 10.3. The van der Waals surface area contributed by atoms with Crippen molar-refractivity contribution in [2.24, 2.45) is 5.14 Å². The van der Waals surface area contributed by atoms with E-state index in [1.807, 2.05) is 17.5 Å². The molecular formula is C15H17N3O7S2. The summed E-state index contributed by atoms with van der Waals surface area (Å²) < 4.78 is 22.5. The number of anilines is 1. The van der Waals surface area contributed by atoms with Gasteiger partial charge in [0.25, 0.3) is 0 Å². The largest absolute Gasteiger partial charge is 0.473 e. The van der Waals surface area contributed by atoms with Crippen LogP contribution in [-0.4, -0.2) is 43.0 Å². The van der Waals surface area contributed by atoms with E-state index in [0.717, 1.165) is 4.88 Å². The quantitative estimate of drug-likeness (QED) is 0.418. The number of nitrogens with one attached hydrogen (secondary N) is 2. The van der Waals surface area contributed by atoms with Crippen molar-refractivity contribution in [2.75, 3.05) is 11.9 Å². The summed E-state index contributed by atoms with van der Waals surface area (Å²) in [6.07, 6.45) is 0. The maximum atomic E-state index is 11.8. The first kappa shape index (κ1) is 22.2. The van der Waals surface area contributed by atoms with Gasteiger partial charge in [0.1, 0.15) is 0 Å². The molecule has 0 fully saturated rings. The third-order valence-corrected chi connectivity index (χ3v) is 4.58. The van der Waals surface area contributed by atoms with Crippen molar-refractivity contribution in [3.05, 3.63) is 46.7 Å². The van der Waals surface area contributed by atoms with E-state index < -0.39 is 22.0 Å². The molecule has 6 N–H and O–H groups in total. The number of thiophene rings is 1. The number of sulfonamides is 1. The maximum absolute atomic E-state index is 11.8. The predicted octanol–water partition coefficient (Wildman–Crippen LogP) is 0.279. The Morgan fingerprint density at radius 1 is 1.07 bits per heavy atom. The minimum absolute atomic E-state index is 0.0353. The fourth-order valence-electron chi connectivity index (χ4n) is 1.67. The fourth-order valence-corrected chi connectivity index (χ4v) is 2.90. The molecule has 0 radical (unpaired) electrons. The van der Waals surface area contributed by atoms with Gasteiger partial charge in [0, 0.05) is 17.1 Å². The molecule has 12 heteroatoms. The van der Waals surface area contributed by atoms with E-state index in [9.17, 15) is 13.2 Å². The summed E-state index contributed by atoms with van der Waals surface area (Å²) in [4.78, 5) is 31.1. The molecule has 0 aliphatic carbocycles. The second-order valence-electron chi connectivity index (χ2n) is 4.91. The van der Waals surface area contributed by atoms with Crippen LogP contribution >= 0.6 is 11.3 Å². The van der Waals surface area contributed by atoms with Crippen LogP contribution in [0.2, 0.25) is 0 Å². The van der Waals surface area contributed by atoms with Gasteiger partial charge in [0.15, 0.2) is 0 Å². The molecule has 27 heavy (non-hydrogen) atoms. The number of hydrogen-bond donors (Lipinski definition) is 5. The van der Waals surface area contributed by atoms with Crippen LogP contribution < -0.4 is 15.8 Å². The molecule has 1 heterocycles. The zero-order chi connectivity index (χ0) is 20.4. The van der Waals surface area contributed by atoms with E-state index in [0.29, 0.717) is 12.2 Å². The molecule has 0 atom stereocenters. The molecule has 10 nitrogen and oxygen atoms in total. The lowest BCUT2D eigenvalue weighted by Crippen LogP contribution is -2.27. The van der Waals surface area contributed by atoms with Crippen molar-refractivity contribution >= 4 is 44.9 Å². The molecule has 146 valence electrons. The molecule has 2 rings (SSSR count). The van der Waals surface area contributed by atoms with Gasteiger partial charge in [0.2, 0.25) is 15.9 Å². The highest BCUT2D eigenvalue weighted by molar-refractivity contribution is 7.89. The number of carboxylic acid groups (broad SMARTS) is 2. The molecule has 2 aromatic rings. The number of rotatable bonds is 6. The van der Waals surface area contributed by atoms with E-state index in [-0.39, 0.29) is 17.3 Å². The molecule has 0 saturated carbocycles. The zero-order valence-corrected chi connectivity index (χ0v) is 15.4. The van der Waals surface area contributed by atoms with Crippen LogP contribution in [0.5, 0.6) is 0 Å². The summed E-state index contributed by atoms with van der Waals surface area (Å²) in [5.41, 5.74) is 0.393. The number of amides is 1. The third-order valence-electron chi connectivity index (χ3n) is 2.79. The molecule has 0 aliphatic rings. The van der Waals surface area contributed by atoms with Gasteiger partial charge in [-0.15, -0.1) is 11.3 Å². The topological polar surface area (TPSA) is 176 Å². The maximum Gasteiger partial charge on any atom is 0.414 e. The number of aliphatic carboxylic acids is 2. The normalized spacial score (nSPS) is 10.4. The summed E-state index contributed by atoms with van der Waals surface area (Å²) in [6.45, 7) is 0.750. The molecule has 0 aliphatic heterocycles. The van der Waals surface area contributed by atoms with Crippen molar-refractivity contribution < 1.29 is 33.0 Å². The van der Waals surface area contributed by atoms with Gasteiger partial charge >= 0.3 is 11.9 Å². The Balaban J connectivity index is 0.000000527. The third kappa shape index (κ3) is 8.91. The Bertz CT molecular complexity index is 884. The number of carbonyl (C=O) groups is 3. The fraction of sp³-hybridized carbons (Fsp3) is 0.133. The van der Waals surface area contributed by atoms with Gasteiger partial charge in [-0.3, -0.25) is 4.79 Å². The van der Waals surface area contributed by atoms with Gasteiger partial charge in [-0.2, -0.15) is 0 Å². The van der Waals surface area contributed by atoms with Gasteiger partial charge in [-0.1, -0.05) is 12.1 Å². The number of primary sulfonamides is 1. The predicted molar refractivity (Wildman–Crippen MR) is 97.7 cm³/mol. The standard InChI is InChI=1S/C13H15N3O3S2.C2H2O4/c14-21(18,19)12-5-1-3-10(7-12)16-13(17)9-15-8-11-4-2-6-20-11;3-1(4)2(5)6/h1-7,15H,8-9H2,(H,16,17)(H2,14,18,19);(H,3,4)(H,5,6). The van der Waals surface area contributed by atoms with E-state index in [1.54, 1.807) is 17.4 Å². The van der Waals surface area contributed by atoms with E-state index in [1.165, 1.54) is 18.2 Å². The number of hydrogen-bond acceptors (Lipinski definition) is 7. The van der Waals surface area contributed by atoms with Gasteiger partial charge < -0.3 is 20.8 Å². The number of carbonyl (C=O) groups excluding carboxylic acids is 1. The molecule has 1 aromatic heterocycles. The van der Waals surface area contributed by atoms with E-state index >= 15 is 0 Å². The van der Waals surface area contributed by atoms with Crippen LogP contribution in [0.25, 0.3) is 0 Å². The van der Waals surface area contributed by atoms with E-state index in [2.05, 4.69) is 10.6 Å². The average Bonchev–Trinajstić information content (AvgIpc) is 3.08. The minimum Gasteiger partial charge on any atom is -0.473 e. The van der Waals surface area contributed by atoms with Crippen molar-refractivity contribution in [1.29, 1.82) is 0 Å². The summed E-state index contributed by atoms with van der Waals surface area (Å²) in [6, 6.07) is 9.75. The van der Waals surface area contributed by atoms with Gasteiger partial charge in [-0.05, 0) is 29.6 Å². The number of nitrogens with two attached hydrogens (primary N) is 1. The summed E-state index contributed by atoms with van der Waals surface area (Å²) in [5.74, 6) is -3.90. The Morgan fingerprint density at radius 2 is 1.74 bits per heavy atom. The number of benzene rings is 1. The van der Waals surface area contributed by atoms with Crippen molar-refractivity contribution in [3.63, 3.8) is 0 Å². The molecule has 1 aromatic carbocycles.